The quantitative estimate of drug-likeness (QED) is 0.475. The molecule has 0 saturated carbocycles. The lowest BCUT2D eigenvalue weighted by atomic mass is 10.1. The molecule has 2 fully saturated rings. The second kappa shape index (κ2) is 6.70. The maximum absolute atomic E-state index is 13.0. The number of phosphoric acid groups is 1. The molecule has 0 amide bonds. The van der Waals surface area contributed by atoms with Crippen LogP contribution in [-0.4, -0.2) is 54.0 Å². The first-order valence-electron chi connectivity index (χ1n) is 9.69. The zero-order valence-electron chi connectivity index (χ0n) is 15.9. The van der Waals surface area contributed by atoms with E-state index in [2.05, 4.69) is 15.3 Å². The zero-order valence-corrected chi connectivity index (χ0v) is 16.8. The Morgan fingerprint density at radius 1 is 1.26 bits per heavy atom. The first-order chi connectivity index (χ1) is 14.9. The van der Waals surface area contributed by atoms with Gasteiger partial charge in [-0.25, -0.2) is 9.55 Å². The van der Waals surface area contributed by atoms with Crippen molar-refractivity contribution in [2.45, 2.75) is 37.1 Å². The fraction of sp³-hybridized carbons (Fsp3) is 0.389. The number of rotatable bonds is 2. The molecule has 3 aromatic rings. The van der Waals surface area contributed by atoms with Gasteiger partial charge in [-0.05, 0) is 5.56 Å². The van der Waals surface area contributed by atoms with Gasteiger partial charge >= 0.3 is 7.82 Å². The summed E-state index contributed by atoms with van der Waals surface area (Å²) in [6, 6.07) is 9.61. The number of fused-ring (bicyclic) bond motifs is 3. The molecule has 0 radical (unpaired) electrons. The van der Waals surface area contributed by atoms with Gasteiger partial charge in [0.05, 0.1) is 25.5 Å². The van der Waals surface area contributed by atoms with Gasteiger partial charge in [-0.15, -0.1) is 0 Å². The second-order valence-electron chi connectivity index (χ2n) is 7.67. The molecule has 162 valence electrons. The predicted octanol–water partition coefficient (Wildman–Crippen LogP) is 0.534. The van der Waals surface area contributed by atoms with E-state index < -0.39 is 32.4 Å². The molecule has 3 aliphatic rings. The van der Waals surface area contributed by atoms with Gasteiger partial charge in [0.1, 0.15) is 18.3 Å². The Bertz CT molecular complexity index is 1280. The Labute approximate surface area is 174 Å². The van der Waals surface area contributed by atoms with Crippen LogP contribution in [0.4, 0.5) is 5.95 Å². The number of aromatic nitrogens is 4. The van der Waals surface area contributed by atoms with Crippen LogP contribution in [0.25, 0.3) is 11.2 Å². The number of hydrogen-bond donors (Lipinski definition) is 3. The maximum Gasteiger partial charge on any atom is 0.472 e. The number of anilines is 1. The van der Waals surface area contributed by atoms with Crippen LogP contribution in [0.5, 0.6) is 0 Å². The Morgan fingerprint density at radius 2 is 2.06 bits per heavy atom. The van der Waals surface area contributed by atoms with E-state index in [0.717, 1.165) is 5.56 Å². The largest absolute Gasteiger partial charge is 0.472 e. The second-order valence-corrected chi connectivity index (χ2v) is 9.08. The third-order valence-corrected chi connectivity index (χ3v) is 6.78. The fourth-order valence-corrected chi connectivity index (χ4v) is 5.25. The summed E-state index contributed by atoms with van der Waals surface area (Å²) in [5.74, 6) is 0.387. The van der Waals surface area contributed by atoms with E-state index >= 15 is 0 Å². The molecule has 0 aliphatic carbocycles. The maximum atomic E-state index is 13.0. The summed E-state index contributed by atoms with van der Waals surface area (Å²) >= 11 is 0. The zero-order chi connectivity index (χ0) is 21.3. The van der Waals surface area contributed by atoms with Crippen LogP contribution in [0.3, 0.4) is 0 Å². The molecule has 5 heterocycles. The average Bonchev–Trinajstić information content (AvgIpc) is 3.45. The number of imidazole rings is 1. The SMILES string of the molecule is O=c1c2ncn([C@@H]3O[C@@H]4COP(=O)(O)O[C@H]4[C@H]3O)c2nc2n1CC(c1ccccc1)N2. The van der Waals surface area contributed by atoms with E-state index in [1.54, 1.807) is 0 Å². The number of hydrogen-bond acceptors (Lipinski definition) is 9. The summed E-state index contributed by atoms with van der Waals surface area (Å²) in [7, 11) is -4.24. The Morgan fingerprint density at radius 3 is 2.87 bits per heavy atom. The average molecular weight is 447 g/mol. The summed E-state index contributed by atoms with van der Waals surface area (Å²) in [5.41, 5.74) is 1.08. The molecule has 0 bridgehead atoms. The molecule has 6 atom stereocenters. The van der Waals surface area contributed by atoms with E-state index in [0.29, 0.717) is 12.5 Å². The number of benzene rings is 1. The predicted molar refractivity (Wildman–Crippen MR) is 105 cm³/mol. The lowest BCUT2D eigenvalue weighted by Gasteiger charge is -2.27. The van der Waals surface area contributed by atoms with E-state index in [9.17, 15) is 19.4 Å². The van der Waals surface area contributed by atoms with Crippen molar-refractivity contribution in [1.29, 1.82) is 0 Å². The highest BCUT2D eigenvalue weighted by Gasteiger charge is 2.52. The molecule has 13 heteroatoms. The van der Waals surface area contributed by atoms with E-state index in [1.165, 1.54) is 15.5 Å². The van der Waals surface area contributed by atoms with Crippen molar-refractivity contribution in [3.63, 3.8) is 0 Å². The van der Waals surface area contributed by atoms with Crippen LogP contribution in [0.1, 0.15) is 17.8 Å². The third-order valence-electron chi connectivity index (χ3n) is 5.79. The van der Waals surface area contributed by atoms with Gasteiger partial charge in [0, 0.05) is 0 Å². The molecule has 12 nitrogen and oxygen atoms in total. The van der Waals surface area contributed by atoms with Crippen molar-refractivity contribution in [3.8, 4) is 0 Å². The van der Waals surface area contributed by atoms with Crippen LogP contribution in [0.15, 0.2) is 41.5 Å². The molecule has 6 rings (SSSR count). The van der Waals surface area contributed by atoms with Crippen molar-refractivity contribution in [1.82, 2.24) is 19.1 Å². The lowest BCUT2D eigenvalue weighted by Crippen LogP contribution is -2.39. The third kappa shape index (κ3) is 2.95. The van der Waals surface area contributed by atoms with Crippen molar-refractivity contribution in [3.05, 3.63) is 52.6 Å². The number of nitrogens with one attached hydrogen (secondary N) is 1. The first-order valence-corrected chi connectivity index (χ1v) is 11.2. The molecule has 1 aromatic carbocycles. The number of aliphatic hydroxyl groups excluding tert-OH is 1. The molecule has 0 spiro atoms. The summed E-state index contributed by atoms with van der Waals surface area (Å²) in [5, 5.41) is 13.9. The van der Waals surface area contributed by atoms with E-state index in [1.807, 2.05) is 30.3 Å². The summed E-state index contributed by atoms with van der Waals surface area (Å²) < 4.78 is 30.2. The highest BCUT2D eigenvalue weighted by atomic mass is 31.2. The Balaban J connectivity index is 1.36. The number of ether oxygens (including phenoxy) is 1. The molecule has 31 heavy (non-hydrogen) atoms. The minimum Gasteiger partial charge on any atom is -0.386 e. The number of aliphatic hydroxyl groups is 1. The van der Waals surface area contributed by atoms with Crippen LogP contribution in [-0.2, 0) is 24.9 Å². The van der Waals surface area contributed by atoms with Crippen LogP contribution < -0.4 is 10.9 Å². The van der Waals surface area contributed by atoms with Gasteiger partial charge in [0.15, 0.2) is 17.4 Å². The molecule has 3 N–H and O–H groups in total. The van der Waals surface area contributed by atoms with Gasteiger partial charge in [-0.2, -0.15) is 4.98 Å². The summed E-state index contributed by atoms with van der Waals surface area (Å²) in [4.78, 5) is 31.3. The number of phosphoric ester groups is 1. The summed E-state index contributed by atoms with van der Waals surface area (Å²) in [6.07, 6.45) is -2.74. The van der Waals surface area contributed by atoms with Gasteiger partial charge in [-0.1, -0.05) is 30.3 Å². The lowest BCUT2D eigenvalue weighted by molar-refractivity contribution is -0.0664. The fourth-order valence-electron chi connectivity index (χ4n) is 4.29. The van der Waals surface area contributed by atoms with Crippen molar-refractivity contribution in [2.24, 2.45) is 0 Å². The van der Waals surface area contributed by atoms with Crippen LogP contribution in [0, 0.1) is 0 Å². The minimum atomic E-state index is -4.24. The standard InChI is InChI=1S/C18H18N5O7P/c24-13-14-11(7-28-31(26,27)30-14)29-17(13)23-8-19-12-15(23)21-18-20-10(6-22(18)16(12)25)9-4-2-1-3-5-9/h1-5,8,10-11,13-14,17,24H,6-7H2,(H,20,21)(H,26,27)/t10?,11-,13-,14-,17-/m1/s1. The molecule has 2 unspecified atom stereocenters. The monoisotopic (exact) mass is 447 g/mol. The summed E-state index contributed by atoms with van der Waals surface area (Å²) in [6.45, 7) is 0.210. The first kappa shape index (κ1) is 19.1. The molecule has 2 saturated heterocycles. The Hall–Kier alpha value is -2.60. The normalized spacial score (nSPS) is 34.5. The van der Waals surface area contributed by atoms with Crippen molar-refractivity contribution in [2.75, 3.05) is 11.9 Å². The van der Waals surface area contributed by atoms with Gasteiger partial charge in [-0.3, -0.25) is 23.0 Å². The number of nitrogens with zero attached hydrogens (tertiary/aromatic N) is 4. The molecular formula is C18H18N5O7P. The molecule has 3 aliphatic heterocycles. The smallest absolute Gasteiger partial charge is 0.386 e. The van der Waals surface area contributed by atoms with Gasteiger partial charge in [0.2, 0.25) is 5.95 Å². The van der Waals surface area contributed by atoms with Gasteiger partial charge in [0.25, 0.3) is 5.56 Å². The van der Waals surface area contributed by atoms with Crippen molar-refractivity contribution >= 4 is 24.9 Å². The molecule has 2 aromatic heterocycles. The molecular weight excluding hydrogens is 429 g/mol. The van der Waals surface area contributed by atoms with Crippen LogP contribution in [0.2, 0.25) is 0 Å². The van der Waals surface area contributed by atoms with Crippen molar-refractivity contribution < 1.29 is 28.3 Å². The highest BCUT2D eigenvalue weighted by molar-refractivity contribution is 7.47. The van der Waals surface area contributed by atoms with Crippen LogP contribution >= 0.6 is 7.82 Å². The topological polar surface area (TPSA) is 150 Å². The highest BCUT2D eigenvalue weighted by Crippen LogP contribution is 2.52. The van der Waals surface area contributed by atoms with Gasteiger partial charge < -0.3 is 20.1 Å². The van der Waals surface area contributed by atoms with E-state index in [-0.39, 0.29) is 29.4 Å². The Kier molecular flexibility index (Phi) is 4.13. The minimum absolute atomic E-state index is 0.109. The van der Waals surface area contributed by atoms with E-state index in [4.69, 9.17) is 13.8 Å².